The summed E-state index contributed by atoms with van der Waals surface area (Å²) in [6, 6.07) is 4.89. The molecule has 0 aliphatic heterocycles. The van der Waals surface area contributed by atoms with E-state index in [1.165, 1.54) is 12.1 Å². The van der Waals surface area contributed by atoms with Gasteiger partial charge in [-0.25, -0.2) is 9.59 Å². The van der Waals surface area contributed by atoms with E-state index in [0.717, 1.165) is 12.1 Å². The van der Waals surface area contributed by atoms with Gasteiger partial charge in [-0.1, -0.05) is 12.1 Å². The average molecular weight is 262 g/mol. The molecular formula is C11H9F3O4. The molecule has 1 rings (SSSR count). The van der Waals surface area contributed by atoms with Crippen molar-refractivity contribution in [3.63, 3.8) is 0 Å². The Hall–Kier alpha value is -2.05. The van der Waals surface area contributed by atoms with Crippen LogP contribution in [-0.4, -0.2) is 29.3 Å². The van der Waals surface area contributed by atoms with Gasteiger partial charge in [-0.05, 0) is 19.1 Å². The van der Waals surface area contributed by atoms with Crippen LogP contribution in [0.4, 0.5) is 13.2 Å². The number of esters is 1. The number of hydrogen-bond acceptors (Lipinski definition) is 3. The van der Waals surface area contributed by atoms with Crippen LogP contribution in [0.5, 0.6) is 0 Å². The fourth-order valence-electron chi connectivity index (χ4n) is 1.14. The molecule has 1 aromatic carbocycles. The van der Waals surface area contributed by atoms with Gasteiger partial charge in [0.15, 0.2) is 6.10 Å². The van der Waals surface area contributed by atoms with Crippen LogP contribution >= 0.6 is 0 Å². The highest BCUT2D eigenvalue weighted by molar-refractivity contribution is 6.02. The minimum Gasteiger partial charge on any atom is -0.478 e. The number of carbonyl (C=O) groups is 2. The van der Waals surface area contributed by atoms with Gasteiger partial charge >= 0.3 is 18.1 Å². The summed E-state index contributed by atoms with van der Waals surface area (Å²) in [7, 11) is 0. The molecule has 0 unspecified atom stereocenters. The summed E-state index contributed by atoms with van der Waals surface area (Å²) in [6.45, 7) is 0.668. The van der Waals surface area contributed by atoms with Crippen LogP contribution in [0.15, 0.2) is 24.3 Å². The van der Waals surface area contributed by atoms with E-state index in [1.807, 2.05) is 0 Å². The first-order chi connectivity index (χ1) is 8.23. The largest absolute Gasteiger partial charge is 0.478 e. The van der Waals surface area contributed by atoms with E-state index in [0.29, 0.717) is 6.92 Å². The number of alkyl halides is 3. The molecule has 0 aliphatic rings. The molecule has 1 N–H and O–H groups in total. The van der Waals surface area contributed by atoms with Crippen LogP contribution < -0.4 is 0 Å². The molecule has 0 aliphatic carbocycles. The van der Waals surface area contributed by atoms with Gasteiger partial charge in [0, 0.05) is 0 Å². The average Bonchev–Trinajstić information content (AvgIpc) is 2.27. The Kier molecular flexibility index (Phi) is 3.95. The maximum absolute atomic E-state index is 12.2. The first-order valence-corrected chi connectivity index (χ1v) is 4.83. The van der Waals surface area contributed by atoms with E-state index >= 15 is 0 Å². The van der Waals surface area contributed by atoms with Crippen LogP contribution in [0.3, 0.4) is 0 Å². The molecule has 4 nitrogen and oxygen atoms in total. The normalized spacial score (nSPS) is 12.9. The molecule has 98 valence electrons. The fourth-order valence-corrected chi connectivity index (χ4v) is 1.14. The topological polar surface area (TPSA) is 63.6 Å². The molecule has 0 saturated heterocycles. The van der Waals surface area contributed by atoms with Crippen molar-refractivity contribution in [2.24, 2.45) is 0 Å². The molecule has 0 bridgehead atoms. The Balaban J connectivity index is 2.95. The Morgan fingerprint density at radius 2 is 1.72 bits per heavy atom. The second kappa shape index (κ2) is 5.07. The number of carboxylic acid groups (broad SMARTS) is 1. The van der Waals surface area contributed by atoms with Gasteiger partial charge in [0.25, 0.3) is 0 Å². The predicted octanol–water partition coefficient (Wildman–Crippen LogP) is 2.49. The van der Waals surface area contributed by atoms with Gasteiger partial charge in [0.2, 0.25) is 0 Å². The Labute approximate surface area is 100.0 Å². The van der Waals surface area contributed by atoms with E-state index in [2.05, 4.69) is 4.74 Å². The molecule has 0 saturated carbocycles. The highest BCUT2D eigenvalue weighted by Gasteiger charge is 2.39. The van der Waals surface area contributed by atoms with Crippen LogP contribution in [-0.2, 0) is 4.74 Å². The molecular weight excluding hydrogens is 253 g/mol. The number of aromatic carboxylic acids is 1. The highest BCUT2D eigenvalue weighted by atomic mass is 19.4. The summed E-state index contributed by atoms with van der Waals surface area (Å²) in [5.41, 5.74) is -0.821. The Morgan fingerprint density at radius 1 is 1.22 bits per heavy atom. The zero-order chi connectivity index (χ0) is 13.9. The van der Waals surface area contributed by atoms with E-state index < -0.39 is 35.3 Å². The van der Waals surface area contributed by atoms with E-state index in [4.69, 9.17) is 5.11 Å². The maximum Gasteiger partial charge on any atom is 0.425 e. The number of hydrogen-bond donors (Lipinski definition) is 1. The lowest BCUT2D eigenvalue weighted by Gasteiger charge is -2.16. The third-order valence-electron chi connectivity index (χ3n) is 2.12. The first-order valence-electron chi connectivity index (χ1n) is 4.83. The van der Waals surface area contributed by atoms with Gasteiger partial charge in [-0.15, -0.1) is 0 Å². The second-order valence-corrected chi connectivity index (χ2v) is 3.44. The van der Waals surface area contributed by atoms with Crippen LogP contribution in [0.1, 0.15) is 27.6 Å². The maximum atomic E-state index is 12.2. The zero-order valence-corrected chi connectivity index (χ0v) is 9.19. The molecule has 0 fully saturated rings. The monoisotopic (exact) mass is 262 g/mol. The molecule has 0 amide bonds. The van der Waals surface area contributed by atoms with E-state index in [-0.39, 0.29) is 0 Å². The summed E-state index contributed by atoms with van der Waals surface area (Å²) in [5.74, 6) is -2.74. The lowest BCUT2D eigenvalue weighted by atomic mass is 10.1. The lowest BCUT2D eigenvalue weighted by molar-refractivity contribution is -0.198. The minimum absolute atomic E-state index is 0.406. The molecule has 0 heterocycles. The Bertz CT molecular complexity index is 468. The molecule has 0 spiro atoms. The van der Waals surface area contributed by atoms with Crippen molar-refractivity contribution in [3.05, 3.63) is 35.4 Å². The summed E-state index contributed by atoms with van der Waals surface area (Å²) < 4.78 is 40.7. The van der Waals surface area contributed by atoms with Gasteiger partial charge in [-0.3, -0.25) is 0 Å². The van der Waals surface area contributed by atoms with Crippen molar-refractivity contribution in [1.29, 1.82) is 0 Å². The fraction of sp³-hybridized carbons (Fsp3) is 0.273. The number of carbonyl (C=O) groups excluding carboxylic acids is 1. The van der Waals surface area contributed by atoms with E-state index in [1.54, 1.807) is 0 Å². The molecule has 1 atom stereocenters. The van der Waals surface area contributed by atoms with Crippen LogP contribution in [0, 0.1) is 0 Å². The van der Waals surface area contributed by atoms with Gasteiger partial charge in [-0.2, -0.15) is 13.2 Å². The number of rotatable bonds is 3. The second-order valence-electron chi connectivity index (χ2n) is 3.44. The quantitative estimate of drug-likeness (QED) is 0.850. The molecule has 0 aromatic heterocycles. The van der Waals surface area contributed by atoms with Crippen molar-refractivity contribution in [2.45, 2.75) is 19.2 Å². The summed E-state index contributed by atoms with van der Waals surface area (Å²) in [6.07, 6.45) is -6.99. The van der Waals surface area contributed by atoms with Crippen LogP contribution in [0.2, 0.25) is 0 Å². The van der Waals surface area contributed by atoms with Crippen LogP contribution in [0.25, 0.3) is 0 Å². The van der Waals surface area contributed by atoms with Gasteiger partial charge < -0.3 is 9.84 Å². The molecule has 7 heteroatoms. The van der Waals surface area contributed by atoms with Crippen molar-refractivity contribution < 1.29 is 32.6 Å². The van der Waals surface area contributed by atoms with Crippen molar-refractivity contribution >= 4 is 11.9 Å². The lowest BCUT2D eigenvalue weighted by Crippen LogP contribution is -2.31. The third-order valence-corrected chi connectivity index (χ3v) is 2.12. The Morgan fingerprint density at radius 3 is 2.17 bits per heavy atom. The first kappa shape index (κ1) is 14.0. The number of benzene rings is 1. The van der Waals surface area contributed by atoms with Crippen molar-refractivity contribution in [2.75, 3.05) is 0 Å². The van der Waals surface area contributed by atoms with Crippen molar-refractivity contribution in [1.82, 2.24) is 0 Å². The van der Waals surface area contributed by atoms with Gasteiger partial charge in [0.1, 0.15) is 0 Å². The van der Waals surface area contributed by atoms with Crippen molar-refractivity contribution in [3.8, 4) is 0 Å². The number of carboxylic acids is 1. The molecule has 0 radical (unpaired) electrons. The predicted molar refractivity (Wildman–Crippen MR) is 54.3 cm³/mol. The highest BCUT2D eigenvalue weighted by Crippen LogP contribution is 2.23. The number of halogens is 3. The summed E-state index contributed by atoms with van der Waals surface area (Å²) in [4.78, 5) is 22.2. The molecule has 1 aromatic rings. The summed E-state index contributed by atoms with van der Waals surface area (Å²) in [5, 5.41) is 8.78. The minimum atomic E-state index is -4.69. The summed E-state index contributed by atoms with van der Waals surface area (Å²) >= 11 is 0. The number of ether oxygens (including phenoxy) is 1. The molecule has 18 heavy (non-hydrogen) atoms. The van der Waals surface area contributed by atoms with Gasteiger partial charge in [0.05, 0.1) is 11.1 Å². The van der Waals surface area contributed by atoms with E-state index in [9.17, 15) is 22.8 Å². The standard InChI is InChI=1S/C11H9F3O4/c1-6(11(12,13)14)18-10(17)8-5-3-2-4-7(8)9(15)16/h2-6H,1H3,(H,15,16)/t6-/m0/s1. The smallest absolute Gasteiger partial charge is 0.425 e. The third kappa shape index (κ3) is 3.22. The zero-order valence-electron chi connectivity index (χ0n) is 9.19. The SMILES string of the molecule is C[C@H](OC(=O)c1ccccc1C(=O)O)C(F)(F)F.